The van der Waals surface area contributed by atoms with Gasteiger partial charge in [-0.25, -0.2) is 0 Å². The number of rotatable bonds is 3. The SMILES string of the molecule is CC1(C)C(=O)c2cccc3c(N4CCCN(CC5CCCCC5)CC4)ccc1c23. The lowest BCUT2D eigenvalue weighted by Crippen LogP contribution is -2.34. The van der Waals surface area contributed by atoms with Crippen LogP contribution in [0.4, 0.5) is 5.69 Å². The molecule has 29 heavy (non-hydrogen) atoms. The highest BCUT2D eigenvalue weighted by Gasteiger charge is 2.40. The second-order valence-electron chi connectivity index (χ2n) is 9.96. The third-order valence-electron chi connectivity index (χ3n) is 7.67. The molecule has 1 heterocycles. The summed E-state index contributed by atoms with van der Waals surface area (Å²) in [6.45, 7) is 10.0. The van der Waals surface area contributed by atoms with Crippen molar-refractivity contribution in [2.24, 2.45) is 5.92 Å². The molecule has 2 aliphatic carbocycles. The first kappa shape index (κ1) is 19.1. The predicted octanol–water partition coefficient (Wildman–Crippen LogP) is 5.41. The zero-order valence-corrected chi connectivity index (χ0v) is 18.0. The van der Waals surface area contributed by atoms with Crippen molar-refractivity contribution in [3.05, 3.63) is 41.5 Å². The van der Waals surface area contributed by atoms with Gasteiger partial charge >= 0.3 is 0 Å². The van der Waals surface area contributed by atoms with Gasteiger partial charge in [0.2, 0.25) is 0 Å². The number of benzene rings is 2. The van der Waals surface area contributed by atoms with Crippen molar-refractivity contribution >= 4 is 22.2 Å². The Labute approximate surface area is 175 Å². The van der Waals surface area contributed by atoms with E-state index in [1.807, 2.05) is 6.07 Å². The Balaban J connectivity index is 1.39. The molecule has 2 aromatic rings. The summed E-state index contributed by atoms with van der Waals surface area (Å²) in [5.74, 6) is 1.19. The number of carbonyl (C=O) groups excluding carboxylic acids is 1. The van der Waals surface area contributed by atoms with E-state index in [-0.39, 0.29) is 5.78 Å². The van der Waals surface area contributed by atoms with Gasteiger partial charge in [-0.05, 0) is 62.6 Å². The summed E-state index contributed by atoms with van der Waals surface area (Å²) in [6, 6.07) is 10.8. The van der Waals surface area contributed by atoms with E-state index in [9.17, 15) is 4.79 Å². The van der Waals surface area contributed by atoms with Gasteiger partial charge in [0.1, 0.15) is 0 Å². The van der Waals surface area contributed by atoms with Gasteiger partial charge in [-0.1, -0.05) is 43.5 Å². The quantitative estimate of drug-likeness (QED) is 0.700. The molecule has 1 saturated carbocycles. The first-order valence-corrected chi connectivity index (χ1v) is 11.6. The summed E-state index contributed by atoms with van der Waals surface area (Å²) in [7, 11) is 0. The van der Waals surface area contributed by atoms with Gasteiger partial charge in [-0.2, -0.15) is 0 Å². The fourth-order valence-electron chi connectivity index (χ4n) is 5.97. The maximum Gasteiger partial charge on any atom is 0.173 e. The van der Waals surface area contributed by atoms with Gasteiger partial charge < -0.3 is 9.80 Å². The summed E-state index contributed by atoms with van der Waals surface area (Å²) in [5, 5.41) is 2.46. The maximum absolute atomic E-state index is 13.0. The van der Waals surface area contributed by atoms with E-state index in [0.717, 1.165) is 31.1 Å². The molecule has 0 bridgehead atoms. The van der Waals surface area contributed by atoms with Crippen LogP contribution in [0.1, 0.15) is 68.3 Å². The largest absolute Gasteiger partial charge is 0.370 e. The summed E-state index contributed by atoms with van der Waals surface area (Å²) >= 11 is 0. The van der Waals surface area contributed by atoms with Crippen molar-refractivity contribution in [2.75, 3.05) is 37.6 Å². The first-order chi connectivity index (χ1) is 14.1. The van der Waals surface area contributed by atoms with Crippen molar-refractivity contribution in [3.8, 4) is 0 Å². The Kier molecular flexibility index (Phi) is 4.90. The minimum atomic E-state index is -0.407. The highest BCUT2D eigenvalue weighted by atomic mass is 16.1. The Bertz CT molecular complexity index is 926. The van der Waals surface area contributed by atoms with E-state index >= 15 is 0 Å². The van der Waals surface area contributed by atoms with E-state index in [4.69, 9.17) is 0 Å². The molecule has 0 radical (unpaired) electrons. The molecule has 3 aliphatic rings. The van der Waals surface area contributed by atoms with Crippen LogP contribution in [0.25, 0.3) is 10.8 Å². The molecule has 1 aliphatic heterocycles. The lowest BCUT2D eigenvalue weighted by atomic mass is 9.84. The second-order valence-corrected chi connectivity index (χ2v) is 9.96. The van der Waals surface area contributed by atoms with Gasteiger partial charge in [-0.3, -0.25) is 4.79 Å². The Hall–Kier alpha value is -1.87. The van der Waals surface area contributed by atoms with Crippen LogP contribution in [-0.4, -0.2) is 43.4 Å². The molecule has 0 spiro atoms. The standard InChI is InChI=1S/C26H34N2O/c1-26(2)22-12-13-23(20-10-6-11-21(24(20)22)25(26)29)28-15-7-14-27(16-17-28)18-19-8-4-3-5-9-19/h6,10-13,19H,3-5,7-9,14-18H2,1-2H3. The van der Waals surface area contributed by atoms with Crippen molar-refractivity contribution in [1.29, 1.82) is 0 Å². The Morgan fingerprint density at radius 3 is 2.59 bits per heavy atom. The summed E-state index contributed by atoms with van der Waals surface area (Å²) in [5.41, 5.74) is 3.02. The van der Waals surface area contributed by atoms with Gasteiger partial charge in [0, 0.05) is 42.8 Å². The van der Waals surface area contributed by atoms with Crippen LogP contribution in [0.5, 0.6) is 0 Å². The number of anilines is 1. The average Bonchev–Trinajstić information content (AvgIpc) is 2.88. The normalized spacial score (nSPS) is 23.0. The molecule has 3 heteroatoms. The van der Waals surface area contributed by atoms with Crippen LogP contribution in [0.3, 0.4) is 0 Å². The number of Topliss-reactive ketones (excluding diaryl/α,β-unsaturated/α-hetero) is 1. The van der Waals surface area contributed by atoms with Crippen LogP contribution in [0.2, 0.25) is 0 Å². The smallest absolute Gasteiger partial charge is 0.173 e. The molecule has 5 rings (SSSR count). The van der Waals surface area contributed by atoms with E-state index in [2.05, 4.69) is 47.9 Å². The fourth-order valence-corrected chi connectivity index (χ4v) is 5.97. The van der Waals surface area contributed by atoms with E-state index in [0.29, 0.717) is 0 Å². The summed E-state index contributed by atoms with van der Waals surface area (Å²) in [4.78, 5) is 18.2. The number of hydrogen-bond acceptors (Lipinski definition) is 3. The predicted molar refractivity (Wildman–Crippen MR) is 121 cm³/mol. The number of carbonyl (C=O) groups is 1. The van der Waals surface area contributed by atoms with Crippen molar-refractivity contribution in [1.82, 2.24) is 4.90 Å². The van der Waals surface area contributed by atoms with Crippen LogP contribution in [-0.2, 0) is 5.41 Å². The van der Waals surface area contributed by atoms with Gasteiger partial charge in [0.15, 0.2) is 5.78 Å². The van der Waals surface area contributed by atoms with Crippen LogP contribution in [0, 0.1) is 5.92 Å². The zero-order valence-electron chi connectivity index (χ0n) is 18.0. The second kappa shape index (κ2) is 7.43. The molecule has 2 aromatic carbocycles. The summed E-state index contributed by atoms with van der Waals surface area (Å²) in [6.07, 6.45) is 8.38. The summed E-state index contributed by atoms with van der Waals surface area (Å²) < 4.78 is 0. The third-order valence-corrected chi connectivity index (χ3v) is 7.67. The van der Waals surface area contributed by atoms with Gasteiger partial charge in [-0.15, -0.1) is 0 Å². The lowest BCUT2D eigenvalue weighted by Gasteiger charge is -2.29. The maximum atomic E-state index is 13.0. The van der Waals surface area contributed by atoms with Gasteiger partial charge in [0.25, 0.3) is 0 Å². The number of hydrogen-bond donors (Lipinski definition) is 0. The number of nitrogens with zero attached hydrogens (tertiary/aromatic N) is 2. The lowest BCUT2D eigenvalue weighted by molar-refractivity contribution is 0.0920. The first-order valence-electron chi connectivity index (χ1n) is 11.6. The molecule has 0 amide bonds. The molecule has 1 saturated heterocycles. The highest BCUT2D eigenvalue weighted by Crippen LogP contribution is 2.45. The Morgan fingerprint density at radius 1 is 0.931 bits per heavy atom. The van der Waals surface area contributed by atoms with E-state index in [1.54, 1.807) is 0 Å². The molecular weight excluding hydrogens is 356 g/mol. The highest BCUT2D eigenvalue weighted by molar-refractivity contribution is 6.21. The molecule has 154 valence electrons. The molecule has 0 unspecified atom stereocenters. The molecule has 0 N–H and O–H groups in total. The van der Waals surface area contributed by atoms with Crippen molar-refractivity contribution in [3.63, 3.8) is 0 Å². The third kappa shape index (κ3) is 3.28. The monoisotopic (exact) mass is 390 g/mol. The van der Waals surface area contributed by atoms with Crippen LogP contribution < -0.4 is 4.90 Å². The topological polar surface area (TPSA) is 23.6 Å². The van der Waals surface area contributed by atoms with E-state index < -0.39 is 5.41 Å². The zero-order chi connectivity index (χ0) is 20.0. The van der Waals surface area contributed by atoms with Crippen LogP contribution >= 0.6 is 0 Å². The minimum absolute atomic E-state index is 0.268. The molecular formula is C26H34N2O. The molecule has 2 fully saturated rings. The fraction of sp³-hybridized carbons (Fsp3) is 0.577. The van der Waals surface area contributed by atoms with E-state index in [1.165, 1.54) is 73.6 Å². The van der Waals surface area contributed by atoms with Crippen molar-refractivity contribution < 1.29 is 4.79 Å². The van der Waals surface area contributed by atoms with Gasteiger partial charge in [0.05, 0.1) is 5.41 Å². The molecule has 3 nitrogen and oxygen atoms in total. The molecule has 0 aromatic heterocycles. The van der Waals surface area contributed by atoms with Crippen molar-refractivity contribution in [2.45, 2.75) is 57.8 Å². The number of ketones is 1. The van der Waals surface area contributed by atoms with Crippen LogP contribution in [0.15, 0.2) is 30.3 Å². The Morgan fingerprint density at radius 2 is 1.76 bits per heavy atom. The minimum Gasteiger partial charge on any atom is -0.370 e. The molecule has 0 atom stereocenters. The average molecular weight is 391 g/mol.